The Balaban J connectivity index is 2.38. The van der Waals surface area contributed by atoms with Gasteiger partial charge in [-0.25, -0.2) is 8.42 Å². The van der Waals surface area contributed by atoms with Crippen molar-refractivity contribution in [1.29, 1.82) is 0 Å². The van der Waals surface area contributed by atoms with Crippen LogP contribution in [0.4, 0.5) is 5.69 Å². The quantitative estimate of drug-likeness (QED) is 0.848. The van der Waals surface area contributed by atoms with Crippen molar-refractivity contribution < 1.29 is 22.7 Å². The molecule has 0 radical (unpaired) electrons. The molecular weight excluding hydrogens is 296 g/mol. The maximum atomic E-state index is 12.2. The standard InChI is InChI=1S/C13H18N2O5S/c1-3-21(17,18)15(9-13(16)14-2)10-4-5-11-12(8-10)20-7-6-19-11/h4-5,8H,3,6-7,9H2,1-2H3,(H,14,16). The Morgan fingerprint density at radius 3 is 2.57 bits per heavy atom. The Labute approximate surface area is 123 Å². The molecule has 0 saturated heterocycles. The third-order valence-corrected chi connectivity index (χ3v) is 4.82. The van der Waals surface area contributed by atoms with Gasteiger partial charge in [0.1, 0.15) is 19.8 Å². The number of nitrogens with zero attached hydrogens (tertiary/aromatic N) is 1. The van der Waals surface area contributed by atoms with Crippen molar-refractivity contribution in [2.24, 2.45) is 0 Å². The van der Waals surface area contributed by atoms with Gasteiger partial charge in [0, 0.05) is 13.1 Å². The highest BCUT2D eigenvalue weighted by Crippen LogP contribution is 2.34. The zero-order valence-corrected chi connectivity index (χ0v) is 12.8. The second-order valence-corrected chi connectivity index (χ2v) is 6.59. The lowest BCUT2D eigenvalue weighted by Gasteiger charge is -2.25. The molecule has 0 spiro atoms. The summed E-state index contributed by atoms with van der Waals surface area (Å²) in [4.78, 5) is 11.6. The molecule has 0 unspecified atom stereocenters. The monoisotopic (exact) mass is 314 g/mol. The van der Waals surface area contributed by atoms with Crippen molar-refractivity contribution in [3.63, 3.8) is 0 Å². The third-order valence-electron chi connectivity index (χ3n) is 3.08. The SMILES string of the molecule is CCS(=O)(=O)N(CC(=O)NC)c1ccc2c(c1)OCCO2. The van der Waals surface area contributed by atoms with Crippen LogP contribution in [-0.4, -0.2) is 46.9 Å². The molecule has 1 N–H and O–H groups in total. The first kappa shape index (κ1) is 15.4. The summed E-state index contributed by atoms with van der Waals surface area (Å²) in [5, 5.41) is 2.42. The number of carbonyl (C=O) groups is 1. The lowest BCUT2D eigenvalue weighted by molar-refractivity contribution is -0.119. The van der Waals surface area contributed by atoms with Gasteiger partial charge in [0.25, 0.3) is 0 Å². The Bertz CT molecular complexity index is 629. The van der Waals surface area contributed by atoms with Crippen LogP contribution in [0.3, 0.4) is 0 Å². The van der Waals surface area contributed by atoms with Crippen LogP contribution in [0.25, 0.3) is 0 Å². The van der Waals surface area contributed by atoms with E-state index in [-0.39, 0.29) is 18.2 Å². The van der Waals surface area contributed by atoms with Gasteiger partial charge >= 0.3 is 0 Å². The maximum absolute atomic E-state index is 12.2. The van der Waals surface area contributed by atoms with Gasteiger partial charge in [-0.05, 0) is 19.1 Å². The van der Waals surface area contributed by atoms with Crippen LogP contribution in [0.5, 0.6) is 11.5 Å². The van der Waals surface area contributed by atoms with E-state index in [0.29, 0.717) is 30.4 Å². The summed E-state index contributed by atoms with van der Waals surface area (Å²) in [6.45, 7) is 2.13. The van der Waals surface area contributed by atoms with Crippen molar-refractivity contribution in [2.75, 3.05) is 36.9 Å². The largest absolute Gasteiger partial charge is 0.486 e. The topological polar surface area (TPSA) is 84.9 Å². The minimum Gasteiger partial charge on any atom is -0.486 e. The van der Waals surface area contributed by atoms with Gasteiger partial charge in [0.05, 0.1) is 11.4 Å². The normalized spacial score (nSPS) is 13.6. The van der Waals surface area contributed by atoms with Crippen LogP contribution in [0, 0.1) is 0 Å². The van der Waals surface area contributed by atoms with E-state index in [2.05, 4.69) is 5.32 Å². The van der Waals surface area contributed by atoms with Crippen LogP contribution in [-0.2, 0) is 14.8 Å². The van der Waals surface area contributed by atoms with E-state index in [1.807, 2.05) is 0 Å². The van der Waals surface area contributed by atoms with Gasteiger partial charge < -0.3 is 14.8 Å². The lowest BCUT2D eigenvalue weighted by atomic mass is 10.2. The summed E-state index contributed by atoms with van der Waals surface area (Å²) in [7, 11) is -2.11. The molecule has 1 aromatic carbocycles. The summed E-state index contributed by atoms with van der Waals surface area (Å²) in [6.07, 6.45) is 0. The maximum Gasteiger partial charge on any atom is 0.240 e. The molecular formula is C13H18N2O5S. The second-order valence-electron chi connectivity index (χ2n) is 4.41. The predicted octanol–water partition coefficient (Wildman–Crippen LogP) is 0.360. The molecule has 116 valence electrons. The van der Waals surface area contributed by atoms with Crippen LogP contribution in [0.15, 0.2) is 18.2 Å². The van der Waals surface area contributed by atoms with E-state index in [0.717, 1.165) is 4.31 Å². The fraction of sp³-hybridized carbons (Fsp3) is 0.462. The second kappa shape index (κ2) is 6.21. The molecule has 0 atom stereocenters. The molecule has 1 heterocycles. The predicted molar refractivity (Wildman–Crippen MR) is 78.3 cm³/mol. The van der Waals surface area contributed by atoms with Gasteiger partial charge in [-0.3, -0.25) is 9.10 Å². The fourth-order valence-corrected chi connectivity index (χ4v) is 2.96. The Hall–Kier alpha value is -1.96. The van der Waals surface area contributed by atoms with E-state index in [1.54, 1.807) is 18.2 Å². The molecule has 0 aromatic heterocycles. The summed E-state index contributed by atoms with van der Waals surface area (Å²) in [5.41, 5.74) is 0.379. The molecule has 7 nitrogen and oxygen atoms in total. The van der Waals surface area contributed by atoms with E-state index in [4.69, 9.17) is 9.47 Å². The molecule has 1 aliphatic rings. The highest BCUT2D eigenvalue weighted by Gasteiger charge is 2.24. The van der Waals surface area contributed by atoms with Crippen LogP contribution in [0.2, 0.25) is 0 Å². The number of hydrogen-bond donors (Lipinski definition) is 1. The van der Waals surface area contributed by atoms with Crippen molar-refractivity contribution in [1.82, 2.24) is 5.32 Å². The van der Waals surface area contributed by atoms with Gasteiger partial charge in [0.2, 0.25) is 15.9 Å². The van der Waals surface area contributed by atoms with Crippen LogP contribution in [0.1, 0.15) is 6.92 Å². The number of amides is 1. The van der Waals surface area contributed by atoms with Crippen LogP contribution >= 0.6 is 0 Å². The number of sulfonamides is 1. The zero-order valence-electron chi connectivity index (χ0n) is 12.0. The number of rotatable bonds is 5. The van der Waals surface area contributed by atoms with Gasteiger partial charge in [-0.2, -0.15) is 0 Å². The van der Waals surface area contributed by atoms with Crippen molar-refractivity contribution in [3.05, 3.63) is 18.2 Å². The Kier molecular flexibility index (Phi) is 4.56. The fourth-order valence-electron chi connectivity index (χ4n) is 1.90. The minimum absolute atomic E-state index is 0.0988. The molecule has 8 heteroatoms. The number of benzene rings is 1. The van der Waals surface area contributed by atoms with Crippen LogP contribution < -0.4 is 19.1 Å². The third kappa shape index (κ3) is 3.38. The minimum atomic E-state index is -3.57. The summed E-state index contributed by atoms with van der Waals surface area (Å²) < 4.78 is 36.3. The summed E-state index contributed by atoms with van der Waals surface area (Å²) in [5.74, 6) is 0.561. The number of ether oxygens (including phenoxy) is 2. The number of hydrogen-bond acceptors (Lipinski definition) is 5. The molecule has 0 bridgehead atoms. The molecule has 1 aliphatic heterocycles. The number of anilines is 1. The van der Waals surface area contributed by atoms with E-state index < -0.39 is 10.0 Å². The summed E-state index contributed by atoms with van der Waals surface area (Å²) in [6, 6.07) is 4.82. The molecule has 21 heavy (non-hydrogen) atoms. The summed E-state index contributed by atoms with van der Waals surface area (Å²) >= 11 is 0. The number of nitrogens with one attached hydrogen (secondary N) is 1. The highest BCUT2D eigenvalue weighted by molar-refractivity contribution is 7.92. The molecule has 2 rings (SSSR count). The van der Waals surface area contributed by atoms with Gasteiger partial charge in [-0.1, -0.05) is 0 Å². The molecule has 0 fully saturated rings. The van der Waals surface area contributed by atoms with E-state index in [1.165, 1.54) is 14.0 Å². The van der Waals surface area contributed by atoms with Crippen molar-refractivity contribution >= 4 is 21.6 Å². The van der Waals surface area contributed by atoms with E-state index >= 15 is 0 Å². The number of likely N-dealkylation sites (N-methyl/N-ethyl adjacent to an activating group) is 1. The van der Waals surface area contributed by atoms with E-state index in [9.17, 15) is 13.2 Å². The first-order chi connectivity index (χ1) is 9.97. The van der Waals surface area contributed by atoms with Crippen molar-refractivity contribution in [2.45, 2.75) is 6.92 Å². The Morgan fingerprint density at radius 2 is 1.95 bits per heavy atom. The number of carbonyl (C=O) groups excluding carboxylic acids is 1. The average Bonchev–Trinajstić information content (AvgIpc) is 2.51. The molecule has 0 aliphatic carbocycles. The Morgan fingerprint density at radius 1 is 1.29 bits per heavy atom. The molecule has 0 saturated carbocycles. The van der Waals surface area contributed by atoms with Gasteiger partial charge in [0.15, 0.2) is 11.5 Å². The first-order valence-electron chi connectivity index (χ1n) is 6.58. The van der Waals surface area contributed by atoms with Gasteiger partial charge in [-0.15, -0.1) is 0 Å². The molecule has 1 amide bonds. The average molecular weight is 314 g/mol. The first-order valence-corrected chi connectivity index (χ1v) is 8.19. The highest BCUT2D eigenvalue weighted by atomic mass is 32.2. The van der Waals surface area contributed by atoms with Crippen molar-refractivity contribution in [3.8, 4) is 11.5 Å². The smallest absolute Gasteiger partial charge is 0.240 e. The zero-order chi connectivity index (χ0) is 15.5. The number of fused-ring (bicyclic) bond motifs is 1. The lowest BCUT2D eigenvalue weighted by Crippen LogP contribution is -2.40. The molecule has 1 aromatic rings.